The zero-order valence-corrected chi connectivity index (χ0v) is 21.3. The fraction of sp³-hybridized carbons (Fsp3) is 0.240. The number of hydrogen-bond donors (Lipinski definition) is 2. The molecule has 0 aliphatic carbocycles. The average molecular weight is 501 g/mol. The summed E-state index contributed by atoms with van der Waals surface area (Å²) in [5, 5.41) is 2.83. The molecule has 3 aromatic rings. The van der Waals surface area contributed by atoms with Crippen LogP contribution in [-0.4, -0.2) is 29.0 Å². The number of sulfonamides is 1. The molecular weight excluding hydrogens is 472 g/mol. The van der Waals surface area contributed by atoms with Crippen LogP contribution in [0.5, 0.6) is 0 Å². The van der Waals surface area contributed by atoms with Crippen LogP contribution < -0.4 is 10.0 Å². The van der Waals surface area contributed by atoms with Gasteiger partial charge in [-0.2, -0.15) is 0 Å². The van der Waals surface area contributed by atoms with E-state index >= 15 is 0 Å². The van der Waals surface area contributed by atoms with Crippen molar-refractivity contribution in [2.75, 3.05) is 11.0 Å². The van der Waals surface area contributed by atoms with Gasteiger partial charge in [-0.25, -0.2) is 16.8 Å². The Hall–Kier alpha value is -3.17. The summed E-state index contributed by atoms with van der Waals surface area (Å²) in [6.45, 7) is 7.21. The van der Waals surface area contributed by atoms with E-state index in [1.54, 1.807) is 50.2 Å². The van der Waals surface area contributed by atoms with Crippen molar-refractivity contribution < 1.29 is 21.6 Å². The minimum Gasteiger partial charge on any atom is -0.346 e. The van der Waals surface area contributed by atoms with Gasteiger partial charge >= 0.3 is 0 Å². The number of aryl methyl sites for hydroxylation is 3. The first-order chi connectivity index (χ1) is 15.8. The topological polar surface area (TPSA) is 109 Å². The number of nitrogens with one attached hydrogen (secondary N) is 2. The Morgan fingerprint density at radius 3 is 1.97 bits per heavy atom. The van der Waals surface area contributed by atoms with Crippen LogP contribution in [0.15, 0.2) is 70.5 Å². The van der Waals surface area contributed by atoms with Crippen LogP contribution in [0.1, 0.15) is 45.6 Å². The molecule has 0 spiro atoms. The van der Waals surface area contributed by atoms with Crippen molar-refractivity contribution in [1.29, 1.82) is 0 Å². The monoisotopic (exact) mass is 500 g/mol. The second-order valence-corrected chi connectivity index (χ2v) is 12.2. The van der Waals surface area contributed by atoms with E-state index in [0.29, 0.717) is 11.3 Å². The summed E-state index contributed by atoms with van der Waals surface area (Å²) >= 11 is 0. The summed E-state index contributed by atoms with van der Waals surface area (Å²) in [4.78, 5) is 13.1. The first-order valence-electron chi connectivity index (χ1n) is 10.6. The molecule has 9 heteroatoms. The number of rotatable bonds is 7. The molecule has 0 saturated heterocycles. The molecule has 0 unspecified atom stereocenters. The molecule has 3 aromatic carbocycles. The van der Waals surface area contributed by atoms with Gasteiger partial charge in [0.25, 0.3) is 15.9 Å². The van der Waals surface area contributed by atoms with Crippen molar-refractivity contribution in [1.82, 2.24) is 5.32 Å². The number of anilines is 1. The molecule has 2 N–H and O–H groups in total. The Kier molecular flexibility index (Phi) is 7.18. The van der Waals surface area contributed by atoms with Gasteiger partial charge in [-0.05, 0) is 86.3 Å². The highest BCUT2D eigenvalue weighted by Crippen LogP contribution is 2.23. The summed E-state index contributed by atoms with van der Waals surface area (Å²) < 4.78 is 52.1. The first kappa shape index (κ1) is 25.5. The molecule has 3 rings (SSSR count). The highest BCUT2D eigenvalue weighted by atomic mass is 32.2. The SMILES string of the molecule is Cc1cc(C)cc(NS(=O)(=O)c2cc(C(=O)N[C@@H](C)c3ccc(S(C)(=O)=O)cc3)ccc2C)c1. The van der Waals surface area contributed by atoms with Gasteiger partial charge < -0.3 is 5.32 Å². The second-order valence-electron chi connectivity index (χ2n) is 8.50. The van der Waals surface area contributed by atoms with Gasteiger partial charge in [0.15, 0.2) is 9.84 Å². The van der Waals surface area contributed by atoms with E-state index in [9.17, 15) is 21.6 Å². The maximum Gasteiger partial charge on any atom is 0.262 e. The largest absolute Gasteiger partial charge is 0.346 e. The van der Waals surface area contributed by atoms with Crippen molar-refractivity contribution in [3.8, 4) is 0 Å². The molecule has 1 atom stereocenters. The van der Waals surface area contributed by atoms with Gasteiger partial charge in [-0.15, -0.1) is 0 Å². The van der Waals surface area contributed by atoms with Crippen LogP contribution >= 0.6 is 0 Å². The van der Waals surface area contributed by atoms with E-state index < -0.39 is 31.8 Å². The van der Waals surface area contributed by atoms with Crippen molar-refractivity contribution in [3.63, 3.8) is 0 Å². The van der Waals surface area contributed by atoms with Crippen LogP contribution in [0.3, 0.4) is 0 Å². The molecule has 1 amide bonds. The van der Waals surface area contributed by atoms with E-state index in [0.717, 1.165) is 22.9 Å². The standard InChI is InChI=1S/C25H28N2O5S2/c1-16-12-17(2)14-22(13-16)27-34(31,32)24-15-21(7-6-18(24)3)25(28)26-19(4)20-8-10-23(11-9-20)33(5,29)30/h6-15,19,27H,1-5H3,(H,26,28)/t19-/m0/s1. The molecular formula is C25H28N2O5S2. The molecule has 0 saturated carbocycles. The van der Waals surface area contributed by atoms with E-state index in [2.05, 4.69) is 10.0 Å². The van der Waals surface area contributed by atoms with E-state index in [-0.39, 0.29) is 15.4 Å². The fourth-order valence-electron chi connectivity index (χ4n) is 3.64. The van der Waals surface area contributed by atoms with Gasteiger partial charge in [-0.1, -0.05) is 24.3 Å². The molecule has 0 radical (unpaired) electrons. The molecule has 34 heavy (non-hydrogen) atoms. The van der Waals surface area contributed by atoms with Crippen LogP contribution in [0.2, 0.25) is 0 Å². The van der Waals surface area contributed by atoms with Gasteiger partial charge in [0.1, 0.15) is 0 Å². The predicted molar refractivity (Wildman–Crippen MR) is 133 cm³/mol. The van der Waals surface area contributed by atoms with Crippen LogP contribution in [-0.2, 0) is 19.9 Å². The summed E-state index contributed by atoms with van der Waals surface area (Å²) in [6, 6.07) is 15.8. The maximum absolute atomic E-state index is 13.1. The van der Waals surface area contributed by atoms with Crippen molar-refractivity contribution in [2.24, 2.45) is 0 Å². The number of benzene rings is 3. The average Bonchev–Trinajstić information content (AvgIpc) is 2.72. The van der Waals surface area contributed by atoms with Crippen molar-refractivity contribution in [2.45, 2.75) is 43.5 Å². The van der Waals surface area contributed by atoms with Crippen LogP contribution in [0.25, 0.3) is 0 Å². The second kappa shape index (κ2) is 9.60. The number of carbonyl (C=O) groups is 1. The summed E-state index contributed by atoms with van der Waals surface area (Å²) in [7, 11) is -7.23. The Balaban J connectivity index is 1.82. The highest BCUT2D eigenvalue weighted by molar-refractivity contribution is 7.92. The molecule has 0 heterocycles. The molecule has 0 fully saturated rings. The van der Waals surface area contributed by atoms with Gasteiger partial charge in [0.2, 0.25) is 0 Å². The molecule has 180 valence electrons. The molecule has 0 aliphatic rings. The van der Waals surface area contributed by atoms with Crippen LogP contribution in [0, 0.1) is 20.8 Å². The molecule has 0 bridgehead atoms. The summed E-state index contributed by atoms with van der Waals surface area (Å²) in [5.74, 6) is -0.442. The lowest BCUT2D eigenvalue weighted by Gasteiger charge is -2.16. The number of amides is 1. The fourth-order valence-corrected chi connectivity index (χ4v) is 5.58. The number of sulfone groups is 1. The predicted octanol–water partition coefficient (Wildman–Crippen LogP) is 4.31. The zero-order chi connectivity index (χ0) is 25.3. The third-order valence-electron chi connectivity index (χ3n) is 5.37. The number of carbonyl (C=O) groups excluding carboxylic acids is 1. The van der Waals surface area contributed by atoms with Crippen molar-refractivity contribution in [3.05, 3.63) is 88.5 Å². The Morgan fingerprint density at radius 1 is 0.824 bits per heavy atom. The maximum atomic E-state index is 13.1. The van der Waals surface area contributed by atoms with Crippen molar-refractivity contribution >= 4 is 31.5 Å². The van der Waals surface area contributed by atoms with E-state index in [1.807, 2.05) is 19.9 Å². The minimum atomic E-state index is -3.92. The Morgan fingerprint density at radius 2 is 1.41 bits per heavy atom. The third kappa shape index (κ3) is 6.03. The smallest absolute Gasteiger partial charge is 0.262 e. The Bertz CT molecular complexity index is 1420. The van der Waals surface area contributed by atoms with Gasteiger partial charge in [-0.3, -0.25) is 9.52 Å². The summed E-state index contributed by atoms with van der Waals surface area (Å²) in [6.07, 6.45) is 1.13. The number of hydrogen-bond acceptors (Lipinski definition) is 5. The first-order valence-corrected chi connectivity index (χ1v) is 14.0. The lowest BCUT2D eigenvalue weighted by molar-refractivity contribution is 0.0939. The molecule has 0 aliphatic heterocycles. The lowest BCUT2D eigenvalue weighted by atomic mass is 10.1. The Labute approximate surface area is 201 Å². The van der Waals surface area contributed by atoms with E-state index in [1.165, 1.54) is 18.2 Å². The van der Waals surface area contributed by atoms with Crippen LogP contribution in [0.4, 0.5) is 5.69 Å². The van der Waals surface area contributed by atoms with Gasteiger partial charge in [0.05, 0.1) is 15.8 Å². The van der Waals surface area contributed by atoms with Gasteiger partial charge in [0, 0.05) is 17.5 Å². The zero-order valence-electron chi connectivity index (χ0n) is 19.7. The normalized spacial score (nSPS) is 12.7. The quantitative estimate of drug-likeness (QED) is 0.503. The molecule has 7 nitrogen and oxygen atoms in total. The lowest BCUT2D eigenvalue weighted by Crippen LogP contribution is -2.27. The van der Waals surface area contributed by atoms with E-state index in [4.69, 9.17) is 0 Å². The highest BCUT2D eigenvalue weighted by Gasteiger charge is 2.21. The summed E-state index contributed by atoms with van der Waals surface area (Å²) in [5.41, 5.74) is 3.75. The third-order valence-corrected chi connectivity index (χ3v) is 8.02. The molecule has 0 aromatic heterocycles. The minimum absolute atomic E-state index is 0.0180.